The zero-order valence-corrected chi connectivity index (χ0v) is 8.80. The molecule has 6 heteroatoms. The van der Waals surface area contributed by atoms with Crippen LogP contribution in [0.2, 0.25) is 0 Å². The van der Waals surface area contributed by atoms with Crippen molar-refractivity contribution >= 4 is 11.8 Å². The van der Waals surface area contributed by atoms with Gasteiger partial charge in [0.05, 0.1) is 17.8 Å². The Bertz CT molecular complexity index is 548. The molecule has 0 amide bonds. The van der Waals surface area contributed by atoms with Crippen LogP contribution >= 0.6 is 0 Å². The highest BCUT2D eigenvalue weighted by Crippen LogP contribution is 2.15. The van der Waals surface area contributed by atoms with E-state index >= 15 is 0 Å². The third kappa shape index (κ3) is 2.41. The standard InChI is InChI=1S/C11H10FN3O2/c12-7-1-3-8(4-2-7)15-9(6-11(16)17)5-10(13)14-15/h1-5H,6H2,(H2,13,14)(H,16,17). The molecule has 1 heterocycles. The van der Waals surface area contributed by atoms with Gasteiger partial charge in [-0.2, -0.15) is 5.10 Å². The molecule has 0 bridgehead atoms. The summed E-state index contributed by atoms with van der Waals surface area (Å²) in [4.78, 5) is 10.7. The van der Waals surface area contributed by atoms with Crippen LogP contribution in [0.5, 0.6) is 0 Å². The monoisotopic (exact) mass is 235 g/mol. The van der Waals surface area contributed by atoms with Crippen molar-refractivity contribution < 1.29 is 14.3 Å². The Balaban J connectivity index is 2.43. The molecule has 0 aliphatic heterocycles. The summed E-state index contributed by atoms with van der Waals surface area (Å²) in [5, 5.41) is 12.7. The fraction of sp³-hybridized carbons (Fsp3) is 0.0909. The number of carboxylic acids is 1. The van der Waals surface area contributed by atoms with Gasteiger partial charge in [-0.3, -0.25) is 4.79 Å². The van der Waals surface area contributed by atoms with Gasteiger partial charge in [0, 0.05) is 6.07 Å². The summed E-state index contributed by atoms with van der Waals surface area (Å²) in [6.07, 6.45) is -0.193. The molecule has 0 saturated carbocycles. The predicted octanol–water partition coefficient (Wildman–Crippen LogP) is 1.22. The number of aliphatic carboxylic acids is 1. The molecular formula is C11H10FN3O2. The number of hydrogen-bond acceptors (Lipinski definition) is 3. The summed E-state index contributed by atoms with van der Waals surface area (Å²) in [6.45, 7) is 0. The first-order chi connectivity index (χ1) is 8.06. The van der Waals surface area contributed by atoms with Crippen LogP contribution in [-0.4, -0.2) is 20.9 Å². The third-order valence-corrected chi connectivity index (χ3v) is 2.21. The number of carbonyl (C=O) groups is 1. The Kier molecular flexibility index (Phi) is 2.78. The third-order valence-electron chi connectivity index (χ3n) is 2.21. The Morgan fingerprint density at radius 2 is 2.06 bits per heavy atom. The molecule has 0 aliphatic carbocycles. The lowest BCUT2D eigenvalue weighted by Gasteiger charge is -2.05. The predicted molar refractivity (Wildman–Crippen MR) is 59.3 cm³/mol. The van der Waals surface area contributed by atoms with Crippen LogP contribution in [0.15, 0.2) is 30.3 Å². The normalized spacial score (nSPS) is 10.4. The molecule has 5 nitrogen and oxygen atoms in total. The topological polar surface area (TPSA) is 81.1 Å². The Morgan fingerprint density at radius 3 is 2.65 bits per heavy atom. The Hall–Kier alpha value is -2.37. The van der Waals surface area contributed by atoms with Gasteiger partial charge in [0.1, 0.15) is 11.6 Å². The number of benzene rings is 1. The molecule has 0 saturated heterocycles. The van der Waals surface area contributed by atoms with Gasteiger partial charge >= 0.3 is 5.97 Å². The van der Waals surface area contributed by atoms with E-state index in [1.54, 1.807) is 0 Å². The summed E-state index contributed by atoms with van der Waals surface area (Å²) in [6, 6.07) is 7.05. The first-order valence-corrected chi connectivity index (χ1v) is 4.88. The minimum atomic E-state index is -0.978. The van der Waals surface area contributed by atoms with E-state index in [2.05, 4.69) is 5.10 Å². The molecule has 0 atom stereocenters. The van der Waals surface area contributed by atoms with Crippen LogP contribution < -0.4 is 5.73 Å². The zero-order chi connectivity index (χ0) is 12.4. The van der Waals surface area contributed by atoms with Crippen LogP contribution in [0.25, 0.3) is 5.69 Å². The number of rotatable bonds is 3. The second-order valence-electron chi connectivity index (χ2n) is 3.52. The summed E-state index contributed by atoms with van der Waals surface area (Å²) in [5.74, 6) is -1.12. The fourth-order valence-corrected chi connectivity index (χ4v) is 1.53. The maximum atomic E-state index is 12.8. The van der Waals surface area contributed by atoms with Crippen LogP contribution in [0.1, 0.15) is 5.69 Å². The van der Waals surface area contributed by atoms with Gasteiger partial charge in [-0.1, -0.05) is 0 Å². The second kappa shape index (κ2) is 4.25. The number of nitrogens with zero attached hydrogens (tertiary/aromatic N) is 2. The molecule has 0 radical (unpaired) electrons. The van der Waals surface area contributed by atoms with Crippen LogP contribution in [0.3, 0.4) is 0 Å². The van der Waals surface area contributed by atoms with Gasteiger partial charge in [-0.25, -0.2) is 9.07 Å². The van der Waals surface area contributed by atoms with E-state index in [4.69, 9.17) is 10.8 Å². The van der Waals surface area contributed by atoms with E-state index in [-0.39, 0.29) is 18.1 Å². The molecule has 0 fully saturated rings. The lowest BCUT2D eigenvalue weighted by molar-refractivity contribution is -0.136. The Labute approximate surface area is 96.3 Å². The molecule has 1 aromatic carbocycles. The molecule has 0 spiro atoms. The molecule has 88 valence electrons. The number of hydrogen-bond donors (Lipinski definition) is 2. The fourth-order valence-electron chi connectivity index (χ4n) is 1.53. The van der Waals surface area contributed by atoms with Crippen molar-refractivity contribution in [2.45, 2.75) is 6.42 Å². The lowest BCUT2D eigenvalue weighted by Crippen LogP contribution is -2.07. The van der Waals surface area contributed by atoms with Crippen molar-refractivity contribution in [2.24, 2.45) is 0 Å². The molecule has 0 aliphatic rings. The first kappa shape index (κ1) is 11.1. The van der Waals surface area contributed by atoms with Crippen LogP contribution in [0, 0.1) is 5.82 Å². The highest BCUT2D eigenvalue weighted by Gasteiger charge is 2.11. The summed E-state index contributed by atoms with van der Waals surface area (Å²) in [5.41, 5.74) is 6.54. The van der Waals surface area contributed by atoms with E-state index in [1.165, 1.54) is 35.0 Å². The van der Waals surface area contributed by atoms with Crippen molar-refractivity contribution in [3.63, 3.8) is 0 Å². The highest BCUT2D eigenvalue weighted by atomic mass is 19.1. The van der Waals surface area contributed by atoms with E-state index in [0.29, 0.717) is 11.4 Å². The van der Waals surface area contributed by atoms with Crippen molar-refractivity contribution in [1.29, 1.82) is 0 Å². The highest BCUT2D eigenvalue weighted by molar-refractivity contribution is 5.70. The zero-order valence-electron chi connectivity index (χ0n) is 8.80. The van der Waals surface area contributed by atoms with Gasteiger partial charge in [0.25, 0.3) is 0 Å². The second-order valence-corrected chi connectivity index (χ2v) is 3.52. The van der Waals surface area contributed by atoms with Crippen LogP contribution in [0.4, 0.5) is 10.2 Å². The summed E-state index contributed by atoms with van der Waals surface area (Å²) in [7, 11) is 0. The average molecular weight is 235 g/mol. The summed E-state index contributed by atoms with van der Waals surface area (Å²) >= 11 is 0. The van der Waals surface area contributed by atoms with Crippen molar-refractivity contribution in [3.8, 4) is 5.69 Å². The lowest BCUT2D eigenvalue weighted by atomic mass is 10.2. The minimum absolute atomic E-state index is 0.193. The van der Waals surface area contributed by atoms with Crippen molar-refractivity contribution in [2.75, 3.05) is 5.73 Å². The largest absolute Gasteiger partial charge is 0.481 e. The van der Waals surface area contributed by atoms with Crippen molar-refractivity contribution in [3.05, 3.63) is 41.8 Å². The van der Waals surface area contributed by atoms with Gasteiger partial charge in [-0.05, 0) is 24.3 Å². The molecule has 2 aromatic rings. The molecule has 1 aromatic heterocycles. The number of carboxylic acid groups (broad SMARTS) is 1. The molecule has 3 N–H and O–H groups in total. The van der Waals surface area contributed by atoms with Gasteiger partial charge in [0.15, 0.2) is 0 Å². The summed E-state index contributed by atoms with van der Waals surface area (Å²) < 4.78 is 14.2. The first-order valence-electron chi connectivity index (χ1n) is 4.88. The van der Waals surface area contributed by atoms with E-state index in [9.17, 15) is 9.18 Å². The quantitative estimate of drug-likeness (QED) is 0.838. The number of halogens is 1. The maximum absolute atomic E-state index is 12.8. The van der Waals surface area contributed by atoms with Gasteiger partial charge in [0.2, 0.25) is 0 Å². The van der Waals surface area contributed by atoms with Crippen LogP contribution in [-0.2, 0) is 11.2 Å². The van der Waals surface area contributed by atoms with E-state index in [1.807, 2.05) is 0 Å². The van der Waals surface area contributed by atoms with E-state index < -0.39 is 5.97 Å². The Morgan fingerprint density at radius 1 is 1.41 bits per heavy atom. The molecule has 17 heavy (non-hydrogen) atoms. The smallest absolute Gasteiger partial charge is 0.309 e. The van der Waals surface area contributed by atoms with Crippen molar-refractivity contribution in [1.82, 2.24) is 9.78 Å². The molecular weight excluding hydrogens is 225 g/mol. The molecule has 2 rings (SSSR count). The minimum Gasteiger partial charge on any atom is -0.481 e. The number of nitrogens with two attached hydrogens (primary N) is 1. The van der Waals surface area contributed by atoms with Gasteiger partial charge in [-0.15, -0.1) is 0 Å². The number of anilines is 1. The van der Waals surface area contributed by atoms with Gasteiger partial charge < -0.3 is 10.8 Å². The van der Waals surface area contributed by atoms with E-state index in [0.717, 1.165) is 0 Å². The maximum Gasteiger partial charge on any atom is 0.309 e. The molecule has 0 unspecified atom stereocenters. The number of aromatic nitrogens is 2. The SMILES string of the molecule is Nc1cc(CC(=O)O)n(-c2ccc(F)cc2)n1. The number of nitrogen functional groups attached to an aromatic ring is 1. The average Bonchev–Trinajstić information content (AvgIpc) is 2.59.